The molecule has 0 saturated heterocycles. The van der Waals surface area contributed by atoms with Crippen molar-refractivity contribution in [2.45, 2.75) is 33.2 Å². The predicted octanol–water partition coefficient (Wildman–Crippen LogP) is 3.51. The Balaban J connectivity index is 1.85. The number of methoxy groups -OCH3 is 1. The molecule has 0 fully saturated rings. The van der Waals surface area contributed by atoms with Crippen molar-refractivity contribution < 1.29 is 14.6 Å². The summed E-state index contributed by atoms with van der Waals surface area (Å²) in [6, 6.07) is 15.2. The summed E-state index contributed by atoms with van der Waals surface area (Å²) < 4.78 is 7.14. The highest BCUT2D eigenvalue weighted by Crippen LogP contribution is 2.24. The molecule has 7 heteroatoms. The summed E-state index contributed by atoms with van der Waals surface area (Å²) in [4.78, 5) is 16.6. The minimum atomic E-state index is -0.431. The largest absolute Gasteiger partial charge is 0.616 e. The molecule has 0 amide bonds. The van der Waals surface area contributed by atoms with Gasteiger partial charge >= 0.3 is 11.4 Å². The lowest BCUT2D eigenvalue weighted by Crippen LogP contribution is -2.45. The summed E-state index contributed by atoms with van der Waals surface area (Å²) in [7, 11) is 1.60. The Morgan fingerprint density at radius 3 is 2.56 bits per heavy atom. The van der Waals surface area contributed by atoms with E-state index in [1.54, 1.807) is 7.11 Å². The van der Waals surface area contributed by atoms with Crippen LogP contribution in [0, 0.1) is 11.1 Å². The molecule has 2 heterocycles. The molecule has 0 saturated carbocycles. The first-order valence-corrected chi connectivity index (χ1v) is 10.6. The maximum Gasteiger partial charge on any atom is 0.398 e. The van der Waals surface area contributed by atoms with E-state index in [9.17, 15) is 15.1 Å². The van der Waals surface area contributed by atoms with Gasteiger partial charge in [-0.25, -0.2) is 0 Å². The number of H-pyrrole nitrogens is 1. The van der Waals surface area contributed by atoms with E-state index in [0.29, 0.717) is 10.5 Å². The first-order valence-electron chi connectivity index (χ1n) is 10.6. The van der Waals surface area contributed by atoms with Gasteiger partial charge in [0.15, 0.2) is 0 Å². The summed E-state index contributed by atoms with van der Waals surface area (Å²) in [5.74, 6) is 0.379. The molecule has 0 aliphatic heterocycles. The lowest BCUT2D eigenvalue weighted by atomic mass is 10.1. The summed E-state index contributed by atoms with van der Waals surface area (Å²) in [6.07, 6.45) is 2.38. The maximum absolute atomic E-state index is 13.4. The van der Waals surface area contributed by atoms with E-state index < -0.39 is 5.88 Å². The summed E-state index contributed by atoms with van der Waals surface area (Å²) in [5.41, 5.74) is 2.68. The summed E-state index contributed by atoms with van der Waals surface area (Å²) in [5, 5.41) is 24.7. The van der Waals surface area contributed by atoms with Crippen molar-refractivity contribution in [3.8, 4) is 11.6 Å². The quantitative estimate of drug-likeness (QED) is 0.344. The molecule has 0 aliphatic carbocycles. The standard InChI is InChI=1S/C25H27N3O4/c1-16(2)12-23-24(29)27(15-17-8-10-19(32-3)11-9-17)22(25(30)28(23)31)13-18-14-26-21-7-5-4-6-20(18)21/h4-11,14,16,26,30H,12-13,15H2,1-3H3. The maximum atomic E-state index is 13.4. The second-order valence-corrected chi connectivity index (χ2v) is 8.38. The Morgan fingerprint density at radius 2 is 1.88 bits per heavy atom. The summed E-state index contributed by atoms with van der Waals surface area (Å²) >= 11 is 0. The van der Waals surface area contributed by atoms with Crippen molar-refractivity contribution in [2.24, 2.45) is 5.92 Å². The number of ether oxygens (including phenoxy) is 1. The van der Waals surface area contributed by atoms with Crippen LogP contribution >= 0.6 is 0 Å². The Bertz CT molecular complexity index is 1300. The van der Waals surface area contributed by atoms with Gasteiger partial charge in [-0.15, -0.1) is 4.73 Å². The van der Waals surface area contributed by atoms with Gasteiger partial charge < -0.3 is 20.0 Å². The highest BCUT2D eigenvalue weighted by atomic mass is 16.5. The molecule has 0 spiro atoms. The van der Waals surface area contributed by atoms with Crippen molar-refractivity contribution >= 4 is 10.9 Å². The lowest BCUT2D eigenvalue weighted by molar-refractivity contribution is -0.624. The van der Waals surface area contributed by atoms with Crippen LogP contribution in [0.2, 0.25) is 0 Å². The Labute approximate surface area is 186 Å². The number of para-hydroxylation sites is 1. The van der Waals surface area contributed by atoms with E-state index in [2.05, 4.69) is 4.98 Å². The van der Waals surface area contributed by atoms with Gasteiger partial charge in [0.25, 0.3) is 5.69 Å². The number of hydrogen-bond donors (Lipinski definition) is 2. The Kier molecular flexibility index (Phi) is 5.90. The number of nitrogens with zero attached hydrogens (tertiary/aromatic N) is 2. The molecule has 7 nitrogen and oxygen atoms in total. The van der Waals surface area contributed by atoms with Gasteiger partial charge in [0.05, 0.1) is 13.7 Å². The van der Waals surface area contributed by atoms with Crippen molar-refractivity contribution in [1.82, 2.24) is 9.55 Å². The highest BCUT2D eigenvalue weighted by Gasteiger charge is 2.27. The number of nitrogens with one attached hydrogen (secondary N) is 1. The average Bonchev–Trinajstić information content (AvgIpc) is 3.20. The third-order valence-corrected chi connectivity index (χ3v) is 5.65. The van der Waals surface area contributed by atoms with Gasteiger partial charge in [-0.3, -0.25) is 9.36 Å². The van der Waals surface area contributed by atoms with Crippen molar-refractivity contribution in [3.05, 3.63) is 92.8 Å². The number of rotatable bonds is 7. The van der Waals surface area contributed by atoms with Crippen LogP contribution in [-0.2, 0) is 19.4 Å². The van der Waals surface area contributed by atoms with E-state index in [-0.39, 0.29) is 42.3 Å². The van der Waals surface area contributed by atoms with E-state index >= 15 is 0 Å². The molecule has 166 valence electrons. The number of aromatic hydroxyl groups is 1. The van der Waals surface area contributed by atoms with Crippen LogP contribution in [0.25, 0.3) is 10.9 Å². The zero-order valence-electron chi connectivity index (χ0n) is 18.5. The number of hydrogen-bond acceptors (Lipinski definition) is 4. The molecule has 4 aromatic rings. The van der Waals surface area contributed by atoms with Gasteiger partial charge in [-0.2, -0.15) is 0 Å². The lowest BCUT2D eigenvalue weighted by Gasteiger charge is -2.17. The van der Waals surface area contributed by atoms with Crippen LogP contribution in [-0.4, -0.2) is 21.8 Å². The number of aromatic nitrogens is 3. The molecule has 2 aromatic heterocycles. The minimum Gasteiger partial charge on any atom is -0.616 e. The van der Waals surface area contributed by atoms with Gasteiger partial charge in [-0.05, 0) is 35.2 Å². The molecule has 0 atom stereocenters. The molecular weight excluding hydrogens is 406 g/mol. The molecule has 4 rings (SSSR count). The SMILES string of the molecule is COc1ccc(Cn2c(Cc3c[nH]c4ccccc34)c(O)[n+]([O-])c(CC(C)C)c2=O)cc1. The number of benzene rings is 2. The number of fused-ring (bicyclic) bond motifs is 1. The minimum absolute atomic E-state index is 0.0497. The molecule has 2 N–H and O–H groups in total. The third kappa shape index (κ3) is 4.06. The zero-order chi connectivity index (χ0) is 22.8. The van der Waals surface area contributed by atoms with Crippen LogP contribution in [0.15, 0.2) is 59.5 Å². The van der Waals surface area contributed by atoms with Crippen molar-refractivity contribution in [1.29, 1.82) is 0 Å². The smallest absolute Gasteiger partial charge is 0.398 e. The van der Waals surface area contributed by atoms with Crippen molar-refractivity contribution in [2.75, 3.05) is 7.11 Å². The topological polar surface area (TPSA) is 94.2 Å². The van der Waals surface area contributed by atoms with Crippen molar-refractivity contribution in [3.63, 3.8) is 0 Å². The predicted molar refractivity (Wildman–Crippen MR) is 123 cm³/mol. The Hall–Kier alpha value is -3.74. The first kappa shape index (κ1) is 21.5. The zero-order valence-corrected chi connectivity index (χ0v) is 18.5. The van der Waals surface area contributed by atoms with E-state index in [1.165, 1.54) is 4.57 Å². The molecule has 32 heavy (non-hydrogen) atoms. The third-order valence-electron chi connectivity index (χ3n) is 5.65. The van der Waals surface area contributed by atoms with Crippen LogP contribution < -0.4 is 15.0 Å². The normalized spacial score (nSPS) is 11.4. The van der Waals surface area contributed by atoms with Gasteiger partial charge in [-0.1, -0.05) is 44.2 Å². The second kappa shape index (κ2) is 8.78. The molecule has 2 aromatic carbocycles. The molecule has 0 radical (unpaired) electrons. The average molecular weight is 434 g/mol. The van der Waals surface area contributed by atoms with Crippen LogP contribution in [0.5, 0.6) is 11.6 Å². The number of aromatic amines is 1. The van der Waals surface area contributed by atoms with Crippen LogP contribution in [0.1, 0.15) is 36.4 Å². The van der Waals surface area contributed by atoms with E-state index in [0.717, 1.165) is 22.0 Å². The van der Waals surface area contributed by atoms with Crippen LogP contribution in [0.4, 0.5) is 0 Å². The van der Waals surface area contributed by atoms with Crippen LogP contribution in [0.3, 0.4) is 0 Å². The fourth-order valence-corrected chi connectivity index (χ4v) is 4.00. The first-order chi connectivity index (χ1) is 15.4. The Morgan fingerprint density at radius 1 is 1.16 bits per heavy atom. The van der Waals surface area contributed by atoms with Gasteiger partial charge in [0.2, 0.25) is 0 Å². The molecule has 0 bridgehead atoms. The second-order valence-electron chi connectivity index (χ2n) is 8.38. The molecule has 0 aliphatic rings. The van der Waals surface area contributed by atoms with E-state index in [1.807, 2.05) is 68.6 Å². The highest BCUT2D eigenvalue weighted by molar-refractivity contribution is 5.83. The molecule has 0 unspecified atom stereocenters. The van der Waals surface area contributed by atoms with Gasteiger partial charge in [0, 0.05) is 29.9 Å². The fourth-order valence-electron chi connectivity index (χ4n) is 4.00. The van der Waals surface area contributed by atoms with Gasteiger partial charge in [0.1, 0.15) is 11.4 Å². The molecular formula is C25H27N3O4. The summed E-state index contributed by atoms with van der Waals surface area (Å²) in [6.45, 7) is 4.11. The fraction of sp³-hybridized carbons (Fsp3) is 0.280. The van der Waals surface area contributed by atoms with E-state index in [4.69, 9.17) is 4.74 Å². The monoisotopic (exact) mass is 433 g/mol.